The Kier molecular flexibility index (Phi) is 5.76. The first kappa shape index (κ1) is 18.8. The first-order valence-electron chi connectivity index (χ1n) is 8.90. The zero-order chi connectivity index (χ0) is 19.9. The van der Waals surface area contributed by atoms with Crippen molar-refractivity contribution in [2.45, 2.75) is 37.9 Å². The third-order valence-electron chi connectivity index (χ3n) is 4.73. The van der Waals surface area contributed by atoms with Crippen LogP contribution in [0.5, 0.6) is 11.5 Å². The molecule has 0 aliphatic heterocycles. The van der Waals surface area contributed by atoms with E-state index in [0.717, 1.165) is 25.7 Å². The summed E-state index contributed by atoms with van der Waals surface area (Å²) in [6.07, 6.45) is 2.78. The molecule has 0 saturated heterocycles. The summed E-state index contributed by atoms with van der Waals surface area (Å²) in [6, 6.07) is 18.1. The van der Waals surface area contributed by atoms with Crippen molar-refractivity contribution < 1.29 is 9.47 Å². The van der Waals surface area contributed by atoms with E-state index in [4.69, 9.17) is 20.0 Å². The van der Waals surface area contributed by atoms with Gasteiger partial charge in [-0.1, -0.05) is 12.1 Å². The third kappa shape index (κ3) is 3.88. The topological polar surface area (TPSA) is 114 Å². The van der Waals surface area contributed by atoms with E-state index in [0.29, 0.717) is 22.6 Å². The van der Waals surface area contributed by atoms with E-state index in [1.54, 1.807) is 36.4 Å². The van der Waals surface area contributed by atoms with Gasteiger partial charge in [-0.05, 0) is 49.9 Å². The monoisotopic (exact) mass is 368 g/mol. The number of nitrogens with zero attached hydrogens (tertiary/aromatic N) is 4. The van der Waals surface area contributed by atoms with Gasteiger partial charge in [-0.25, -0.2) is 0 Å². The Morgan fingerprint density at radius 2 is 1.00 bits per heavy atom. The van der Waals surface area contributed by atoms with Crippen molar-refractivity contribution in [1.29, 1.82) is 21.0 Å². The molecule has 6 nitrogen and oxygen atoms in total. The van der Waals surface area contributed by atoms with Gasteiger partial charge in [0, 0.05) is 0 Å². The molecule has 0 amide bonds. The van der Waals surface area contributed by atoms with Crippen LogP contribution in [0.2, 0.25) is 0 Å². The van der Waals surface area contributed by atoms with Gasteiger partial charge in [0.2, 0.25) is 0 Å². The molecule has 1 aliphatic rings. The van der Waals surface area contributed by atoms with Crippen molar-refractivity contribution in [2.75, 3.05) is 0 Å². The number of rotatable bonds is 4. The molecule has 6 heteroatoms. The van der Waals surface area contributed by atoms with Crippen molar-refractivity contribution in [3.05, 3.63) is 58.7 Å². The summed E-state index contributed by atoms with van der Waals surface area (Å²) in [5, 5.41) is 36.9. The fraction of sp³-hybridized carbons (Fsp3) is 0.273. The van der Waals surface area contributed by atoms with Crippen LogP contribution in [-0.4, -0.2) is 12.2 Å². The van der Waals surface area contributed by atoms with Crippen molar-refractivity contribution in [3.8, 4) is 35.8 Å². The van der Waals surface area contributed by atoms with E-state index in [9.17, 15) is 10.5 Å². The molecule has 1 saturated carbocycles. The fourth-order valence-electron chi connectivity index (χ4n) is 3.30. The summed E-state index contributed by atoms with van der Waals surface area (Å²) in [7, 11) is 0. The number of benzene rings is 2. The number of ether oxygens (including phenoxy) is 2. The van der Waals surface area contributed by atoms with E-state index >= 15 is 0 Å². The molecule has 0 atom stereocenters. The molecule has 136 valence electrons. The van der Waals surface area contributed by atoms with Crippen molar-refractivity contribution in [2.24, 2.45) is 0 Å². The SMILES string of the molecule is N#Cc1cccc(OC2CCC(Oc3cccc(C#N)c3C#N)CC2)c1C#N. The van der Waals surface area contributed by atoms with Gasteiger partial charge in [-0.15, -0.1) is 0 Å². The summed E-state index contributed by atoms with van der Waals surface area (Å²) >= 11 is 0. The lowest BCUT2D eigenvalue weighted by Gasteiger charge is -2.30. The van der Waals surface area contributed by atoms with Gasteiger partial charge in [-0.2, -0.15) is 21.0 Å². The van der Waals surface area contributed by atoms with Crippen molar-refractivity contribution >= 4 is 0 Å². The third-order valence-corrected chi connectivity index (χ3v) is 4.73. The highest BCUT2D eigenvalue weighted by molar-refractivity contribution is 5.54. The van der Waals surface area contributed by atoms with E-state index in [-0.39, 0.29) is 23.3 Å². The van der Waals surface area contributed by atoms with E-state index < -0.39 is 0 Å². The summed E-state index contributed by atoms with van der Waals surface area (Å²) in [5.41, 5.74) is 1.13. The highest BCUT2D eigenvalue weighted by Gasteiger charge is 2.25. The standard InChI is InChI=1S/C22H16N4O2/c23-11-15-3-1-5-21(19(15)13-25)27-17-7-9-18(10-8-17)28-22-6-2-4-16(12-24)20(22)14-26/h1-6,17-18H,7-10H2. The molecule has 1 fully saturated rings. The molecule has 28 heavy (non-hydrogen) atoms. The predicted octanol–water partition coefficient (Wildman–Crippen LogP) is 3.94. The lowest BCUT2D eigenvalue weighted by molar-refractivity contribution is 0.0803. The first-order valence-corrected chi connectivity index (χ1v) is 8.90. The fourth-order valence-corrected chi connectivity index (χ4v) is 3.30. The van der Waals surface area contributed by atoms with Crippen LogP contribution < -0.4 is 9.47 Å². The number of hydrogen-bond donors (Lipinski definition) is 0. The molecule has 0 radical (unpaired) electrons. The second-order valence-electron chi connectivity index (χ2n) is 6.44. The smallest absolute Gasteiger partial charge is 0.138 e. The zero-order valence-corrected chi connectivity index (χ0v) is 15.1. The van der Waals surface area contributed by atoms with E-state index in [1.165, 1.54) is 0 Å². The van der Waals surface area contributed by atoms with Gasteiger partial charge >= 0.3 is 0 Å². The molecule has 0 bridgehead atoms. The second-order valence-corrected chi connectivity index (χ2v) is 6.44. The van der Waals surface area contributed by atoms with E-state index in [2.05, 4.69) is 0 Å². The lowest BCUT2D eigenvalue weighted by atomic mass is 9.94. The van der Waals surface area contributed by atoms with Crippen molar-refractivity contribution in [1.82, 2.24) is 0 Å². The van der Waals surface area contributed by atoms with Gasteiger partial charge in [-0.3, -0.25) is 0 Å². The molecule has 1 aliphatic carbocycles. The Morgan fingerprint density at radius 3 is 1.32 bits per heavy atom. The molecule has 2 aromatic carbocycles. The molecule has 0 heterocycles. The largest absolute Gasteiger partial charge is 0.489 e. The maximum Gasteiger partial charge on any atom is 0.138 e. The van der Waals surface area contributed by atoms with Crippen LogP contribution >= 0.6 is 0 Å². The summed E-state index contributed by atoms with van der Waals surface area (Å²) in [6.45, 7) is 0. The zero-order valence-electron chi connectivity index (χ0n) is 15.1. The van der Waals surface area contributed by atoms with Gasteiger partial charge in [0.25, 0.3) is 0 Å². The Labute approximate surface area is 163 Å². The maximum absolute atomic E-state index is 9.31. The van der Waals surface area contributed by atoms with Crippen LogP contribution in [0.3, 0.4) is 0 Å². The Hall–Kier alpha value is -4.00. The molecular weight excluding hydrogens is 352 g/mol. The van der Waals surface area contributed by atoms with Crippen LogP contribution in [0, 0.1) is 45.3 Å². The quantitative estimate of drug-likeness (QED) is 0.807. The average Bonchev–Trinajstić information content (AvgIpc) is 2.74. The van der Waals surface area contributed by atoms with Crippen LogP contribution in [0.4, 0.5) is 0 Å². The first-order chi connectivity index (χ1) is 13.7. The summed E-state index contributed by atoms with van der Waals surface area (Å²) in [4.78, 5) is 0. The minimum absolute atomic E-state index is 0.0678. The van der Waals surface area contributed by atoms with Crippen LogP contribution in [-0.2, 0) is 0 Å². The van der Waals surface area contributed by atoms with Crippen LogP contribution in [0.25, 0.3) is 0 Å². The van der Waals surface area contributed by atoms with E-state index in [1.807, 2.05) is 24.3 Å². The molecule has 3 rings (SSSR count). The predicted molar refractivity (Wildman–Crippen MR) is 99.0 cm³/mol. The summed E-state index contributed by atoms with van der Waals surface area (Å²) in [5.74, 6) is 0.860. The van der Waals surface area contributed by atoms with Crippen LogP contribution in [0.15, 0.2) is 36.4 Å². The number of nitriles is 4. The number of hydrogen-bond acceptors (Lipinski definition) is 6. The maximum atomic E-state index is 9.31. The highest BCUT2D eigenvalue weighted by Crippen LogP contribution is 2.31. The minimum atomic E-state index is -0.0678. The average molecular weight is 368 g/mol. The van der Waals surface area contributed by atoms with Crippen LogP contribution in [0.1, 0.15) is 47.9 Å². The normalized spacial score (nSPS) is 18.0. The van der Waals surface area contributed by atoms with Crippen molar-refractivity contribution in [3.63, 3.8) is 0 Å². The van der Waals surface area contributed by atoms with Gasteiger partial charge in [0.15, 0.2) is 0 Å². The summed E-state index contributed by atoms with van der Waals surface area (Å²) < 4.78 is 12.0. The lowest BCUT2D eigenvalue weighted by Crippen LogP contribution is -2.30. The Morgan fingerprint density at radius 1 is 0.607 bits per heavy atom. The molecule has 0 N–H and O–H groups in total. The van der Waals surface area contributed by atoms with Gasteiger partial charge in [0.05, 0.1) is 23.3 Å². The Bertz CT molecular complexity index is 957. The van der Waals surface area contributed by atoms with Gasteiger partial charge < -0.3 is 9.47 Å². The molecular formula is C22H16N4O2. The minimum Gasteiger partial charge on any atom is -0.489 e. The second kappa shape index (κ2) is 8.59. The Balaban J connectivity index is 1.64. The molecule has 2 aromatic rings. The van der Waals surface area contributed by atoms with Gasteiger partial charge in [0.1, 0.15) is 46.9 Å². The molecule has 0 spiro atoms. The molecule has 0 unspecified atom stereocenters. The molecule has 0 aromatic heterocycles. The highest BCUT2D eigenvalue weighted by atomic mass is 16.5.